The van der Waals surface area contributed by atoms with Crippen molar-refractivity contribution in [1.82, 2.24) is 5.32 Å². The van der Waals surface area contributed by atoms with E-state index in [4.69, 9.17) is 0 Å². The predicted octanol–water partition coefficient (Wildman–Crippen LogP) is 3.85. The predicted molar refractivity (Wildman–Crippen MR) is 88.4 cm³/mol. The van der Waals surface area contributed by atoms with Crippen molar-refractivity contribution in [2.75, 3.05) is 25.0 Å². The van der Waals surface area contributed by atoms with Crippen LogP contribution in [0.5, 0.6) is 0 Å². The molecule has 1 aliphatic rings. The number of anilines is 1. The van der Waals surface area contributed by atoms with Crippen LogP contribution in [0.4, 0.5) is 5.69 Å². The highest BCUT2D eigenvalue weighted by atomic mass is 15.1. The molecule has 1 aromatic rings. The minimum atomic E-state index is 0.421. The molecule has 1 saturated carbocycles. The van der Waals surface area contributed by atoms with Crippen molar-refractivity contribution in [1.29, 1.82) is 0 Å². The Labute approximate surface area is 124 Å². The van der Waals surface area contributed by atoms with Gasteiger partial charge in [-0.1, -0.05) is 32.0 Å². The maximum atomic E-state index is 3.57. The molecule has 20 heavy (non-hydrogen) atoms. The lowest BCUT2D eigenvalue weighted by Gasteiger charge is -2.34. The smallest absolute Gasteiger partial charge is 0.0395 e. The van der Waals surface area contributed by atoms with E-state index in [0.29, 0.717) is 11.5 Å². The summed E-state index contributed by atoms with van der Waals surface area (Å²) in [5.74, 6) is 0.745. The number of aryl methyl sites for hydroxylation is 1. The van der Waals surface area contributed by atoms with Crippen LogP contribution in [-0.4, -0.2) is 26.2 Å². The molecule has 1 aromatic carbocycles. The Morgan fingerprint density at radius 1 is 1.30 bits per heavy atom. The van der Waals surface area contributed by atoms with Crippen LogP contribution in [0.25, 0.3) is 0 Å². The summed E-state index contributed by atoms with van der Waals surface area (Å²) in [6.45, 7) is 11.5. The van der Waals surface area contributed by atoms with Gasteiger partial charge in [0.25, 0.3) is 0 Å². The van der Waals surface area contributed by atoms with Gasteiger partial charge in [0.2, 0.25) is 0 Å². The van der Waals surface area contributed by atoms with Gasteiger partial charge in [0.15, 0.2) is 0 Å². The largest absolute Gasteiger partial charge is 0.371 e. The maximum absolute atomic E-state index is 3.57. The van der Waals surface area contributed by atoms with Gasteiger partial charge < -0.3 is 10.2 Å². The lowest BCUT2D eigenvalue weighted by atomic mass is 9.85. The summed E-state index contributed by atoms with van der Waals surface area (Å²) in [4.78, 5) is 2.55. The molecule has 0 spiro atoms. The molecule has 2 heteroatoms. The van der Waals surface area contributed by atoms with Crippen LogP contribution in [0.15, 0.2) is 24.3 Å². The van der Waals surface area contributed by atoms with Crippen LogP contribution >= 0.6 is 0 Å². The topological polar surface area (TPSA) is 15.3 Å². The number of hydrogen-bond acceptors (Lipinski definition) is 2. The number of nitrogens with zero attached hydrogens (tertiary/aromatic N) is 1. The summed E-state index contributed by atoms with van der Waals surface area (Å²) in [6, 6.07) is 9.38. The second-order valence-corrected chi connectivity index (χ2v) is 6.88. The van der Waals surface area contributed by atoms with E-state index >= 15 is 0 Å². The Kier molecular flexibility index (Phi) is 4.74. The van der Waals surface area contributed by atoms with Gasteiger partial charge >= 0.3 is 0 Å². The zero-order chi connectivity index (χ0) is 14.8. The van der Waals surface area contributed by atoms with Gasteiger partial charge in [-0.05, 0) is 56.7 Å². The Balaban J connectivity index is 2.13. The van der Waals surface area contributed by atoms with Gasteiger partial charge in [-0.3, -0.25) is 0 Å². The molecule has 2 rings (SSSR count). The normalized spacial score (nSPS) is 24.9. The second kappa shape index (κ2) is 6.17. The number of benzene rings is 1. The average molecular weight is 274 g/mol. The molecule has 1 fully saturated rings. The third kappa shape index (κ3) is 3.01. The Morgan fingerprint density at radius 2 is 2.00 bits per heavy atom. The molecule has 0 radical (unpaired) electrons. The number of rotatable bonds is 5. The van der Waals surface area contributed by atoms with Gasteiger partial charge in [-0.15, -0.1) is 0 Å². The lowest BCUT2D eigenvalue weighted by molar-refractivity contribution is 0.262. The highest BCUT2D eigenvalue weighted by Crippen LogP contribution is 2.41. The molecule has 0 aliphatic heterocycles. The van der Waals surface area contributed by atoms with E-state index < -0.39 is 0 Å². The maximum Gasteiger partial charge on any atom is 0.0395 e. The fourth-order valence-corrected chi connectivity index (χ4v) is 3.94. The Morgan fingerprint density at radius 3 is 2.60 bits per heavy atom. The molecule has 2 atom stereocenters. The van der Waals surface area contributed by atoms with E-state index in [-0.39, 0.29) is 0 Å². The van der Waals surface area contributed by atoms with Crippen LogP contribution < -0.4 is 10.2 Å². The molecule has 0 saturated heterocycles. The van der Waals surface area contributed by atoms with Crippen molar-refractivity contribution in [3.05, 3.63) is 29.8 Å². The van der Waals surface area contributed by atoms with E-state index in [0.717, 1.165) is 19.0 Å². The molecular formula is C18H30N2. The van der Waals surface area contributed by atoms with Crippen molar-refractivity contribution in [3.8, 4) is 0 Å². The fraction of sp³-hybridized carbons (Fsp3) is 0.667. The SMILES string of the molecule is CCN(CC1CCC(C)(C)C1NC)c1ccccc1C. The number of nitrogens with one attached hydrogen (secondary N) is 1. The zero-order valence-corrected chi connectivity index (χ0v) is 13.7. The van der Waals surface area contributed by atoms with Crippen molar-refractivity contribution in [2.45, 2.75) is 46.6 Å². The summed E-state index contributed by atoms with van der Waals surface area (Å²) in [5.41, 5.74) is 3.20. The van der Waals surface area contributed by atoms with E-state index in [9.17, 15) is 0 Å². The molecule has 2 nitrogen and oxygen atoms in total. The number of para-hydroxylation sites is 1. The summed E-state index contributed by atoms with van der Waals surface area (Å²) in [5, 5.41) is 3.57. The average Bonchev–Trinajstić information content (AvgIpc) is 2.71. The fourth-order valence-electron chi connectivity index (χ4n) is 3.94. The summed E-state index contributed by atoms with van der Waals surface area (Å²) < 4.78 is 0. The zero-order valence-electron chi connectivity index (χ0n) is 13.7. The van der Waals surface area contributed by atoms with Crippen LogP contribution in [0.2, 0.25) is 0 Å². The summed E-state index contributed by atoms with van der Waals surface area (Å²) in [7, 11) is 2.12. The van der Waals surface area contributed by atoms with Gasteiger partial charge in [0.05, 0.1) is 0 Å². The first-order chi connectivity index (χ1) is 9.49. The van der Waals surface area contributed by atoms with Crippen molar-refractivity contribution >= 4 is 5.69 Å². The Bertz CT molecular complexity index is 439. The number of hydrogen-bond donors (Lipinski definition) is 1. The van der Waals surface area contributed by atoms with Crippen molar-refractivity contribution < 1.29 is 0 Å². The van der Waals surface area contributed by atoms with Crippen LogP contribution in [-0.2, 0) is 0 Å². The summed E-state index contributed by atoms with van der Waals surface area (Å²) in [6.07, 6.45) is 2.66. The molecule has 0 amide bonds. The van der Waals surface area contributed by atoms with Crippen molar-refractivity contribution in [2.24, 2.45) is 11.3 Å². The first-order valence-corrected chi connectivity index (χ1v) is 7.97. The van der Waals surface area contributed by atoms with Crippen LogP contribution in [0, 0.1) is 18.3 Å². The third-order valence-electron chi connectivity index (χ3n) is 5.08. The molecule has 1 N–H and O–H groups in total. The Hall–Kier alpha value is -1.02. The first kappa shape index (κ1) is 15.4. The minimum Gasteiger partial charge on any atom is -0.371 e. The quantitative estimate of drug-likeness (QED) is 0.877. The lowest BCUT2D eigenvalue weighted by Crippen LogP contribution is -2.44. The first-order valence-electron chi connectivity index (χ1n) is 7.97. The van der Waals surface area contributed by atoms with Gasteiger partial charge in [-0.2, -0.15) is 0 Å². The second-order valence-electron chi connectivity index (χ2n) is 6.88. The third-order valence-corrected chi connectivity index (χ3v) is 5.08. The van der Waals surface area contributed by atoms with E-state index in [2.05, 4.69) is 69.2 Å². The standard InChI is InChI=1S/C18H30N2/c1-6-20(16-10-8-7-9-14(16)2)13-15-11-12-18(3,4)17(15)19-5/h7-10,15,17,19H,6,11-13H2,1-5H3. The molecule has 1 aliphatic carbocycles. The minimum absolute atomic E-state index is 0.421. The van der Waals surface area contributed by atoms with E-state index in [1.54, 1.807) is 0 Å². The van der Waals surface area contributed by atoms with Gasteiger partial charge in [0, 0.05) is 24.8 Å². The van der Waals surface area contributed by atoms with Gasteiger partial charge in [-0.25, -0.2) is 0 Å². The molecular weight excluding hydrogens is 244 g/mol. The monoisotopic (exact) mass is 274 g/mol. The highest BCUT2D eigenvalue weighted by molar-refractivity contribution is 5.52. The molecule has 112 valence electrons. The summed E-state index contributed by atoms with van der Waals surface area (Å²) >= 11 is 0. The van der Waals surface area contributed by atoms with E-state index in [1.165, 1.54) is 24.1 Å². The van der Waals surface area contributed by atoms with Crippen LogP contribution in [0.3, 0.4) is 0 Å². The molecule has 2 unspecified atom stereocenters. The molecule has 0 bridgehead atoms. The van der Waals surface area contributed by atoms with Gasteiger partial charge in [0.1, 0.15) is 0 Å². The molecule has 0 heterocycles. The van der Waals surface area contributed by atoms with E-state index in [1.807, 2.05) is 0 Å². The van der Waals surface area contributed by atoms with Crippen LogP contribution in [0.1, 0.15) is 39.2 Å². The van der Waals surface area contributed by atoms with Crippen molar-refractivity contribution in [3.63, 3.8) is 0 Å². The molecule has 0 aromatic heterocycles. The highest BCUT2D eigenvalue weighted by Gasteiger charge is 2.41.